The van der Waals surface area contributed by atoms with Crippen molar-refractivity contribution in [3.8, 4) is 0 Å². The van der Waals surface area contributed by atoms with Crippen LogP contribution in [0, 0.1) is 10.1 Å². The van der Waals surface area contributed by atoms with E-state index in [1.807, 2.05) is 6.92 Å². The molecule has 10 heteroatoms. The second-order valence-corrected chi connectivity index (χ2v) is 7.67. The number of hydrogen-bond acceptors (Lipinski definition) is 5. The lowest BCUT2D eigenvalue weighted by atomic mass is 10.3. The Hall–Kier alpha value is -1.78. The first-order valence-corrected chi connectivity index (χ1v) is 8.91. The van der Waals surface area contributed by atoms with Crippen molar-refractivity contribution >= 4 is 31.6 Å². The highest BCUT2D eigenvalue weighted by Crippen LogP contribution is 2.23. The Bertz CT molecular complexity index is 834. The quantitative estimate of drug-likeness (QED) is 0.545. The van der Waals surface area contributed by atoms with E-state index in [9.17, 15) is 18.5 Å². The fourth-order valence-corrected chi connectivity index (χ4v) is 3.64. The summed E-state index contributed by atoms with van der Waals surface area (Å²) in [5, 5.41) is 15.0. The molecule has 124 valence electrons. The molecule has 0 aliphatic carbocycles. The summed E-state index contributed by atoms with van der Waals surface area (Å²) in [5.74, 6) is 0. The van der Waals surface area contributed by atoms with E-state index in [-0.39, 0.29) is 17.1 Å². The zero-order valence-electron chi connectivity index (χ0n) is 12.5. The molecule has 0 aliphatic heterocycles. The molecule has 0 unspecified atom stereocenters. The van der Waals surface area contributed by atoms with Crippen LogP contribution < -0.4 is 0 Å². The highest BCUT2D eigenvalue weighted by Gasteiger charge is 2.24. The highest BCUT2D eigenvalue weighted by atomic mass is 79.9. The summed E-state index contributed by atoms with van der Waals surface area (Å²) in [5.41, 5.74) is 0.447. The number of rotatable bonds is 6. The SMILES string of the molecule is CCn1ncc(Br)c1CN(C)S(=O)(=O)c1cccc([N+](=O)[O-])c1. The minimum Gasteiger partial charge on any atom is -0.267 e. The molecular formula is C13H15BrN4O4S. The third kappa shape index (κ3) is 3.59. The summed E-state index contributed by atoms with van der Waals surface area (Å²) in [6.45, 7) is 2.60. The average molecular weight is 403 g/mol. The molecule has 1 heterocycles. The molecule has 2 aromatic rings. The van der Waals surface area contributed by atoms with Gasteiger partial charge in [-0.2, -0.15) is 9.40 Å². The standard InChI is InChI=1S/C13H15BrN4O4S/c1-3-17-13(12(14)8-15-17)9-16(2)23(21,22)11-6-4-5-10(7-11)18(19)20/h4-8H,3,9H2,1-2H3. The predicted octanol–water partition coefficient (Wildman–Crippen LogP) is 2.39. The zero-order chi connectivity index (χ0) is 17.2. The first kappa shape index (κ1) is 17.6. The van der Waals surface area contributed by atoms with Crippen LogP contribution >= 0.6 is 15.9 Å². The molecule has 0 spiro atoms. The molecule has 0 saturated carbocycles. The van der Waals surface area contributed by atoms with Crippen molar-refractivity contribution in [1.29, 1.82) is 0 Å². The van der Waals surface area contributed by atoms with Gasteiger partial charge in [-0.3, -0.25) is 14.8 Å². The third-order valence-electron chi connectivity index (χ3n) is 3.31. The Balaban J connectivity index is 2.34. The molecule has 0 radical (unpaired) electrons. The Morgan fingerprint density at radius 1 is 1.43 bits per heavy atom. The van der Waals surface area contributed by atoms with Crippen molar-refractivity contribution in [2.45, 2.75) is 24.9 Å². The molecule has 23 heavy (non-hydrogen) atoms. The van der Waals surface area contributed by atoms with Crippen LogP contribution in [0.2, 0.25) is 0 Å². The Morgan fingerprint density at radius 2 is 2.13 bits per heavy atom. The molecule has 8 nitrogen and oxygen atoms in total. The number of aromatic nitrogens is 2. The number of nitrogens with zero attached hydrogens (tertiary/aromatic N) is 4. The molecular weight excluding hydrogens is 388 g/mol. The topological polar surface area (TPSA) is 98.3 Å². The van der Waals surface area contributed by atoms with Gasteiger partial charge in [0.25, 0.3) is 5.69 Å². The van der Waals surface area contributed by atoms with E-state index in [4.69, 9.17) is 0 Å². The van der Waals surface area contributed by atoms with Crippen LogP contribution in [-0.2, 0) is 23.1 Å². The molecule has 2 rings (SSSR count). The van der Waals surface area contributed by atoms with Gasteiger partial charge in [0.05, 0.1) is 32.7 Å². The number of halogens is 1. The fourth-order valence-electron chi connectivity index (χ4n) is 2.05. The number of nitro benzene ring substituents is 1. The summed E-state index contributed by atoms with van der Waals surface area (Å²) in [6.07, 6.45) is 1.60. The van der Waals surface area contributed by atoms with Crippen molar-refractivity contribution in [2.24, 2.45) is 0 Å². The Labute approximate surface area is 142 Å². The average Bonchev–Trinajstić information content (AvgIpc) is 2.87. The monoisotopic (exact) mass is 402 g/mol. The molecule has 0 amide bonds. The van der Waals surface area contributed by atoms with Crippen LogP contribution in [0.15, 0.2) is 39.8 Å². The lowest BCUT2D eigenvalue weighted by molar-refractivity contribution is -0.385. The maximum atomic E-state index is 12.6. The van der Waals surface area contributed by atoms with E-state index >= 15 is 0 Å². The third-order valence-corrected chi connectivity index (χ3v) is 5.77. The molecule has 1 aromatic heterocycles. The van der Waals surface area contributed by atoms with Gasteiger partial charge in [0.2, 0.25) is 10.0 Å². The summed E-state index contributed by atoms with van der Waals surface area (Å²) in [7, 11) is -2.42. The van der Waals surface area contributed by atoms with Gasteiger partial charge in [-0.25, -0.2) is 8.42 Å². The second kappa shape index (κ2) is 6.77. The van der Waals surface area contributed by atoms with Gasteiger partial charge in [-0.15, -0.1) is 0 Å². The molecule has 0 N–H and O–H groups in total. The summed E-state index contributed by atoms with van der Waals surface area (Å²) >= 11 is 3.35. The largest absolute Gasteiger partial charge is 0.270 e. The predicted molar refractivity (Wildman–Crippen MR) is 87.4 cm³/mol. The summed E-state index contributed by atoms with van der Waals surface area (Å²) < 4.78 is 28.7. The lowest BCUT2D eigenvalue weighted by Crippen LogP contribution is -2.28. The summed E-state index contributed by atoms with van der Waals surface area (Å²) in [4.78, 5) is 10.1. The number of nitro groups is 1. The van der Waals surface area contributed by atoms with Crippen molar-refractivity contribution in [1.82, 2.24) is 14.1 Å². The Kier molecular flexibility index (Phi) is 5.17. The molecule has 0 aliphatic rings. The smallest absolute Gasteiger partial charge is 0.267 e. The molecule has 1 aromatic carbocycles. The summed E-state index contributed by atoms with van der Waals surface area (Å²) in [6, 6.07) is 5.00. The maximum Gasteiger partial charge on any atom is 0.270 e. The lowest BCUT2D eigenvalue weighted by Gasteiger charge is -2.18. The van der Waals surface area contributed by atoms with Crippen molar-refractivity contribution in [2.75, 3.05) is 7.05 Å². The van der Waals surface area contributed by atoms with Crippen LogP contribution in [0.1, 0.15) is 12.6 Å². The molecule has 0 saturated heterocycles. The number of hydrogen-bond donors (Lipinski definition) is 0. The van der Waals surface area contributed by atoms with E-state index in [0.717, 1.165) is 10.4 Å². The van der Waals surface area contributed by atoms with Gasteiger partial charge >= 0.3 is 0 Å². The first-order valence-electron chi connectivity index (χ1n) is 6.68. The number of benzene rings is 1. The molecule has 0 fully saturated rings. The van der Waals surface area contributed by atoms with Gasteiger partial charge in [0, 0.05) is 25.7 Å². The van der Waals surface area contributed by atoms with E-state index in [1.54, 1.807) is 10.9 Å². The zero-order valence-corrected chi connectivity index (χ0v) is 14.9. The van der Waals surface area contributed by atoms with E-state index in [0.29, 0.717) is 16.7 Å². The normalized spacial score (nSPS) is 11.8. The van der Waals surface area contributed by atoms with Gasteiger partial charge in [-0.05, 0) is 28.9 Å². The van der Waals surface area contributed by atoms with Crippen molar-refractivity contribution < 1.29 is 13.3 Å². The molecule has 0 bridgehead atoms. The van der Waals surface area contributed by atoms with Crippen molar-refractivity contribution in [3.63, 3.8) is 0 Å². The first-order chi connectivity index (χ1) is 10.8. The minimum atomic E-state index is -3.85. The second-order valence-electron chi connectivity index (χ2n) is 4.77. The van der Waals surface area contributed by atoms with Crippen LogP contribution in [0.5, 0.6) is 0 Å². The van der Waals surface area contributed by atoms with Crippen LogP contribution in [0.4, 0.5) is 5.69 Å². The Morgan fingerprint density at radius 3 is 2.74 bits per heavy atom. The van der Waals surface area contributed by atoms with E-state index in [1.165, 1.54) is 25.2 Å². The number of sulfonamides is 1. The van der Waals surface area contributed by atoms with Gasteiger partial charge in [-0.1, -0.05) is 6.07 Å². The fraction of sp³-hybridized carbons (Fsp3) is 0.308. The van der Waals surface area contributed by atoms with Gasteiger partial charge < -0.3 is 0 Å². The minimum absolute atomic E-state index is 0.0967. The number of non-ortho nitro benzene ring substituents is 1. The van der Waals surface area contributed by atoms with Gasteiger partial charge in [0.1, 0.15) is 0 Å². The van der Waals surface area contributed by atoms with Gasteiger partial charge in [0.15, 0.2) is 0 Å². The number of aryl methyl sites for hydroxylation is 1. The van der Waals surface area contributed by atoms with Crippen LogP contribution in [-0.4, -0.2) is 34.5 Å². The molecule has 0 atom stereocenters. The van der Waals surface area contributed by atoms with Crippen LogP contribution in [0.3, 0.4) is 0 Å². The van der Waals surface area contributed by atoms with E-state index in [2.05, 4.69) is 21.0 Å². The van der Waals surface area contributed by atoms with Crippen molar-refractivity contribution in [3.05, 3.63) is 50.7 Å². The van der Waals surface area contributed by atoms with E-state index < -0.39 is 14.9 Å². The highest BCUT2D eigenvalue weighted by molar-refractivity contribution is 9.10. The van der Waals surface area contributed by atoms with Crippen LogP contribution in [0.25, 0.3) is 0 Å². The maximum absolute atomic E-state index is 12.6.